The van der Waals surface area contributed by atoms with Gasteiger partial charge in [-0.15, -0.1) is 0 Å². The molecule has 0 aliphatic carbocycles. The van der Waals surface area contributed by atoms with Crippen molar-refractivity contribution in [2.24, 2.45) is 0 Å². The first-order chi connectivity index (χ1) is 12.7. The number of carbonyl (C=O) groups is 2. The van der Waals surface area contributed by atoms with Crippen LogP contribution in [0.4, 0.5) is 16.4 Å². The lowest BCUT2D eigenvalue weighted by molar-refractivity contribution is 0.0989. The molecule has 0 saturated heterocycles. The normalized spacial score (nSPS) is 12.5. The quantitative estimate of drug-likeness (QED) is 0.789. The molecule has 1 aromatic heterocycles. The van der Waals surface area contributed by atoms with Crippen molar-refractivity contribution in [2.75, 3.05) is 16.8 Å². The maximum absolute atomic E-state index is 12.7. The van der Waals surface area contributed by atoms with Gasteiger partial charge < -0.3 is 4.74 Å². The minimum absolute atomic E-state index is 0.0948. The van der Waals surface area contributed by atoms with Gasteiger partial charge in [0, 0.05) is 18.2 Å². The molecule has 2 aromatic carbocycles. The number of rotatable bonds is 3. The Morgan fingerprint density at radius 2 is 1.65 bits per heavy atom. The van der Waals surface area contributed by atoms with Crippen LogP contribution in [0, 0.1) is 0 Å². The van der Waals surface area contributed by atoms with Crippen LogP contribution in [0.3, 0.4) is 0 Å². The molecular weight excluding hydrogens is 332 g/mol. The fraction of sp³-hybridized carbons (Fsp3) is 0.105. The number of para-hydroxylation sites is 1. The Hall–Kier alpha value is -3.61. The van der Waals surface area contributed by atoms with E-state index in [-0.39, 0.29) is 5.91 Å². The summed E-state index contributed by atoms with van der Waals surface area (Å²) in [5.74, 6) is 1.33. The molecule has 0 saturated carbocycles. The molecule has 7 heteroatoms. The molecule has 0 atom stereocenters. The van der Waals surface area contributed by atoms with Gasteiger partial charge in [0.15, 0.2) is 5.82 Å². The predicted molar refractivity (Wildman–Crippen MR) is 96.4 cm³/mol. The van der Waals surface area contributed by atoms with Gasteiger partial charge in [0.1, 0.15) is 11.6 Å². The van der Waals surface area contributed by atoms with Crippen molar-refractivity contribution in [2.45, 2.75) is 6.54 Å². The van der Waals surface area contributed by atoms with E-state index in [9.17, 15) is 9.59 Å². The Labute approximate surface area is 149 Å². The topological polar surface area (TPSA) is 76.5 Å². The van der Waals surface area contributed by atoms with Crippen molar-refractivity contribution in [3.8, 4) is 5.75 Å². The zero-order valence-electron chi connectivity index (χ0n) is 13.8. The average Bonchev–Trinajstić information content (AvgIpc) is 3.22. The van der Waals surface area contributed by atoms with E-state index < -0.39 is 6.09 Å². The first-order valence-electron chi connectivity index (χ1n) is 8.19. The van der Waals surface area contributed by atoms with Gasteiger partial charge in [-0.1, -0.05) is 36.4 Å². The summed E-state index contributed by atoms with van der Waals surface area (Å²) >= 11 is 0. The van der Waals surface area contributed by atoms with E-state index in [0.717, 1.165) is 0 Å². The number of fused-ring (bicyclic) bond motifs is 1. The minimum Gasteiger partial charge on any atom is -0.410 e. The molecule has 26 heavy (non-hydrogen) atoms. The van der Waals surface area contributed by atoms with E-state index in [1.54, 1.807) is 52.0 Å². The van der Waals surface area contributed by atoms with Gasteiger partial charge in [-0.2, -0.15) is 5.10 Å². The van der Waals surface area contributed by atoms with E-state index in [1.807, 2.05) is 24.3 Å². The second-order valence-electron chi connectivity index (χ2n) is 5.76. The van der Waals surface area contributed by atoms with Gasteiger partial charge in [-0.25, -0.2) is 9.48 Å². The highest BCUT2D eigenvalue weighted by molar-refractivity contribution is 6.06. The zero-order chi connectivity index (χ0) is 17.9. The average molecular weight is 348 g/mol. The van der Waals surface area contributed by atoms with Crippen LogP contribution in [0.5, 0.6) is 5.75 Å². The largest absolute Gasteiger partial charge is 0.418 e. The third-order valence-electron chi connectivity index (χ3n) is 4.02. The first-order valence-corrected chi connectivity index (χ1v) is 8.19. The smallest absolute Gasteiger partial charge is 0.410 e. The summed E-state index contributed by atoms with van der Waals surface area (Å²) in [6, 6.07) is 19.5. The number of nitrogens with one attached hydrogen (secondary N) is 1. The van der Waals surface area contributed by atoms with Crippen LogP contribution in [0.2, 0.25) is 0 Å². The van der Waals surface area contributed by atoms with Crippen molar-refractivity contribution in [1.29, 1.82) is 0 Å². The highest BCUT2D eigenvalue weighted by Crippen LogP contribution is 2.26. The molecule has 3 aromatic rings. The van der Waals surface area contributed by atoms with Crippen LogP contribution in [-0.4, -0.2) is 28.3 Å². The van der Waals surface area contributed by atoms with Crippen molar-refractivity contribution in [3.63, 3.8) is 0 Å². The monoisotopic (exact) mass is 348 g/mol. The fourth-order valence-corrected chi connectivity index (χ4v) is 2.83. The summed E-state index contributed by atoms with van der Waals surface area (Å²) in [4.78, 5) is 26.3. The van der Waals surface area contributed by atoms with Gasteiger partial charge >= 0.3 is 6.09 Å². The van der Waals surface area contributed by atoms with Crippen molar-refractivity contribution in [1.82, 2.24) is 9.78 Å². The van der Waals surface area contributed by atoms with Gasteiger partial charge in [0.05, 0.1) is 6.54 Å². The van der Waals surface area contributed by atoms with Crippen molar-refractivity contribution < 1.29 is 14.3 Å². The minimum atomic E-state index is -0.631. The molecule has 0 spiro atoms. The molecule has 1 aliphatic rings. The molecule has 2 amide bonds. The number of ether oxygens (including phenoxy) is 1. The Morgan fingerprint density at radius 3 is 2.38 bits per heavy atom. The number of hydrogen-bond acceptors (Lipinski definition) is 4. The predicted octanol–water partition coefficient (Wildman–Crippen LogP) is 3.15. The van der Waals surface area contributed by atoms with Crippen LogP contribution in [0.25, 0.3) is 0 Å². The number of aromatic nitrogens is 2. The molecule has 2 heterocycles. The molecule has 130 valence electrons. The lowest BCUT2D eigenvalue weighted by Crippen LogP contribution is -2.28. The zero-order valence-corrected chi connectivity index (χ0v) is 13.8. The Kier molecular flexibility index (Phi) is 4.10. The Bertz CT molecular complexity index is 938. The summed E-state index contributed by atoms with van der Waals surface area (Å²) < 4.78 is 6.88. The summed E-state index contributed by atoms with van der Waals surface area (Å²) in [6.07, 6.45) is -0.631. The van der Waals surface area contributed by atoms with Gasteiger partial charge in [0.25, 0.3) is 5.91 Å². The molecule has 1 N–H and O–H groups in total. The first kappa shape index (κ1) is 15.9. The summed E-state index contributed by atoms with van der Waals surface area (Å²) in [5.41, 5.74) is 0.611. The van der Waals surface area contributed by atoms with E-state index >= 15 is 0 Å². The molecular formula is C19H16N4O3. The fourth-order valence-electron chi connectivity index (χ4n) is 2.83. The standard InChI is InChI=1S/C19H16N4O3/c24-18(14-7-3-1-4-8-14)22-11-12-23-17(22)13-16(21-23)20-19(25)26-15-9-5-2-6-10-15/h1-10,13H,11-12H2,(H,20,21,25). The Balaban J connectivity index is 1.47. The van der Waals surface area contributed by atoms with Crippen LogP contribution >= 0.6 is 0 Å². The number of hydrogen-bond donors (Lipinski definition) is 1. The summed E-state index contributed by atoms with van der Waals surface area (Å²) in [7, 11) is 0. The molecule has 7 nitrogen and oxygen atoms in total. The van der Waals surface area contributed by atoms with Crippen LogP contribution in [0.15, 0.2) is 66.7 Å². The third-order valence-corrected chi connectivity index (χ3v) is 4.02. The number of carbonyl (C=O) groups excluding carboxylic acids is 2. The number of benzene rings is 2. The second-order valence-corrected chi connectivity index (χ2v) is 5.76. The van der Waals surface area contributed by atoms with Gasteiger partial charge in [0.2, 0.25) is 0 Å². The molecule has 4 rings (SSSR count). The second kappa shape index (κ2) is 6.72. The van der Waals surface area contributed by atoms with Crippen molar-refractivity contribution >= 4 is 23.6 Å². The van der Waals surface area contributed by atoms with Crippen LogP contribution in [0.1, 0.15) is 10.4 Å². The number of nitrogens with zero attached hydrogens (tertiary/aromatic N) is 3. The molecule has 0 fully saturated rings. The van der Waals surface area contributed by atoms with E-state index in [1.165, 1.54) is 0 Å². The maximum atomic E-state index is 12.7. The van der Waals surface area contributed by atoms with Crippen LogP contribution in [-0.2, 0) is 6.54 Å². The molecule has 0 bridgehead atoms. The SMILES string of the molecule is O=C(Nc1cc2n(n1)CCN2C(=O)c1ccccc1)Oc1ccccc1. The Morgan fingerprint density at radius 1 is 0.962 bits per heavy atom. The third kappa shape index (κ3) is 3.14. The molecule has 0 unspecified atom stereocenters. The number of amides is 2. The van der Waals surface area contributed by atoms with Crippen LogP contribution < -0.4 is 15.0 Å². The summed E-state index contributed by atoms with van der Waals surface area (Å²) in [6.45, 7) is 1.12. The van der Waals surface area contributed by atoms with E-state index in [4.69, 9.17) is 4.74 Å². The van der Waals surface area contributed by atoms with E-state index in [2.05, 4.69) is 10.4 Å². The lowest BCUT2D eigenvalue weighted by Gasteiger charge is -2.14. The lowest BCUT2D eigenvalue weighted by atomic mass is 10.2. The van der Waals surface area contributed by atoms with Gasteiger partial charge in [-0.3, -0.25) is 15.0 Å². The summed E-state index contributed by atoms with van der Waals surface area (Å²) in [5, 5.41) is 6.90. The van der Waals surface area contributed by atoms with Crippen molar-refractivity contribution in [3.05, 3.63) is 72.3 Å². The highest BCUT2D eigenvalue weighted by Gasteiger charge is 2.28. The van der Waals surface area contributed by atoms with Gasteiger partial charge in [-0.05, 0) is 24.3 Å². The molecule has 1 aliphatic heterocycles. The highest BCUT2D eigenvalue weighted by atomic mass is 16.6. The maximum Gasteiger partial charge on any atom is 0.418 e. The van der Waals surface area contributed by atoms with E-state index in [0.29, 0.717) is 36.0 Å². The molecule has 0 radical (unpaired) electrons. The number of anilines is 2.